The highest BCUT2D eigenvalue weighted by molar-refractivity contribution is 8.09. The molecule has 4 N–H and O–H groups in total. The molecule has 1 aliphatic rings. The van der Waals surface area contributed by atoms with Gasteiger partial charge < -0.3 is 28.7 Å². The second-order valence-electron chi connectivity index (χ2n) is 8.45. The van der Waals surface area contributed by atoms with E-state index in [4.69, 9.17) is 30.3 Å². The van der Waals surface area contributed by atoms with E-state index < -0.39 is 60.9 Å². The molecule has 12 nitrogen and oxygen atoms in total. The molecule has 0 radical (unpaired) electrons. The number of aliphatic hydroxyl groups is 2. The minimum atomic E-state index is -3.39. The van der Waals surface area contributed by atoms with Crippen LogP contribution in [-0.4, -0.2) is 63.3 Å². The molecular formula is C22H30N3O9PS. The van der Waals surface area contributed by atoms with E-state index in [1.807, 2.05) is 0 Å². The third-order valence-electron chi connectivity index (χ3n) is 5.29. The van der Waals surface area contributed by atoms with Gasteiger partial charge in [0, 0.05) is 18.2 Å². The minimum absolute atomic E-state index is 0.236. The van der Waals surface area contributed by atoms with Gasteiger partial charge in [0.2, 0.25) is 0 Å². The van der Waals surface area contributed by atoms with Crippen molar-refractivity contribution in [2.75, 3.05) is 13.2 Å². The van der Waals surface area contributed by atoms with Crippen molar-refractivity contribution in [2.24, 2.45) is 5.92 Å². The number of hydrogen-bond acceptors (Lipinski definition) is 10. The molecule has 36 heavy (non-hydrogen) atoms. The molecule has 0 bridgehead atoms. The number of carbonyl (C=O) groups excluding carboxylic acids is 1. The van der Waals surface area contributed by atoms with Gasteiger partial charge in [0.25, 0.3) is 5.56 Å². The van der Waals surface area contributed by atoms with E-state index in [9.17, 15) is 24.6 Å². The third kappa shape index (κ3) is 7.10. The smallest absolute Gasteiger partial charge is 0.330 e. The van der Waals surface area contributed by atoms with E-state index in [-0.39, 0.29) is 12.7 Å². The van der Waals surface area contributed by atoms with Gasteiger partial charge in [-0.1, -0.05) is 18.2 Å². The Bertz CT molecular complexity index is 1190. The predicted octanol–water partition coefficient (Wildman–Crippen LogP) is 0.653. The molecular weight excluding hydrogens is 513 g/mol. The normalized spacial score (nSPS) is 24.3. The van der Waals surface area contributed by atoms with Crippen LogP contribution in [0.15, 0.2) is 52.2 Å². The molecule has 2 aromatic rings. The van der Waals surface area contributed by atoms with Crippen molar-refractivity contribution >= 4 is 24.4 Å². The molecule has 0 aliphatic carbocycles. The van der Waals surface area contributed by atoms with Gasteiger partial charge in [-0.05, 0) is 44.7 Å². The Hall–Kier alpha value is -2.38. The summed E-state index contributed by atoms with van der Waals surface area (Å²) < 4.78 is 24.0. The van der Waals surface area contributed by atoms with Crippen LogP contribution < -0.4 is 20.9 Å². The summed E-state index contributed by atoms with van der Waals surface area (Å²) >= 11 is 5.66. The summed E-state index contributed by atoms with van der Waals surface area (Å²) in [6.45, 7) is 0.907. The monoisotopic (exact) mass is 543 g/mol. The molecule has 3 rings (SSSR count). The second-order valence-corrected chi connectivity index (χ2v) is 11.6. The lowest BCUT2D eigenvalue weighted by Gasteiger charge is -2.28. The maximum Gasteiger partial charge on any atom is 0.330 e. The van der Waals surface area contributed by atoms with E-state index in [1.54, 1.807) is 51.1 Å². The van der Waals surface area contributed by atoms with Crippen molar-refractivity contribution in [3.05, 3.63) is 63.4 Å². The zero-order valence-corrected chi connectivity index (χ0v) is 21.7. The van der Waals surface area contributed by atoms with Gasteiger partial charge in [0.05, 0.1) is 25.4 Å². The molecule has 14 heteroatoms. The van der Waals surface area contributed by atoms with E-state index in [0.29, 0.717) is 5.75 Å². The molecule has 0 unspecified atom stereocenters. The first kappa shape index (κ1) is 28.2. The van der Waals surface area contributed by atoms with Crippen LogP contribution in [-0.2, 0) is 30.6 Å². The highest BCUT2D eigenvalue weighted by Gasteiger charge is 2.45. The van der Waals surface area contributed by atoms with Crippen LogP contribution in [0.25, 0.3) is 0 Å². The Kier molecular flexibility index (Phi) is 9.59. The number of hydrogen-bond donors (Lipinski definition) is 4. The van der Waals surface area contributed by atoms with Crippen molar-refractivity contribution < 1.29 is 33.5 Å². The van der Waals surface area contributed by atoms with Gasteiger partial charge >= 0.3 is 18.3 Å². The summed E-state index contributed by atoms with van der Waals surface area (Å²) in [5, 5.41) is 23.5. The van der Waals surface area contributed by atoms with Crippen LogP contribution in [0.5, 0.6) is 5.75 Å². The molecule has 1 aliphatic heterocycles. The van der Waals surface area contributed by atoms with Gasteiger partial charge in [-0.2, -0.15) is 0 Å². The van der Waals surface area contributed by atoms with Crippen molar-refractivity contribution in [3.63, 3.8) is 0 Å². The minimum Gasteiger partial charge on any atom is -0.462 e. The van der Waals surface area contributed by atoms with Crippen LogP contribution in [0.1, 0.15) is 27.0 Å². The first-order valence-corrected chi connectivity index (χ1v) is 13.9. The Morgan fingerprint density at radius 3 is 2.56 bits per heavy atom. The lowest BCUT2D eigenvalue weighted by atomic mass is 9.99. The predicted molar refractivity (Wildman–Crippen MR) is 133 cm³/mol. The summed E-state index contributed by atoms with van der Waals surface area (Å²) in [5.74, 6) is -0.975. The molecule has 198 valence electrons. The molecule has 1 fully saturated rings. The van der Waals surface area contributed by atoms with Gasteiger partial charge in [0.15, 0.2) is 6.23 Å². The zero-order chi connectivity index (χ0) is 26.5. The van der Waals surface area contributed by atoms with E-state index in [0.717, 1.165) is 10.6 Å². The quantitative estimate of drug-likeness (QED) is 0.233. The Labute approximate surface area is 212 Å². The number of rotatable bonds is 11. The number of esters is 1. The summed E-state index contributed by atoms with van der Waals surface area (Å²) in [5.41, 5.74) is -1.38. The summed E-state index contributed by atoms with van der Waals surface area (Å²) in [6.07, 6.45) is -2.49. The zero-order valence-electron chi connectivity index (χ0n) is 20.0. The Morgan fingerprint density at radius 1 is 1.25 bits per heavy atom. The fourth-order valence-corrected chi connectivity index (χ4v) is 5.96. The Balaban J connectivity index is 1.79. The number of para-hydroxylation sites is 1. The van der Waals surface area contributed by atoms with Crippen LogP contribution in [0, 0.1) is 5.92 Å². The number of nitrogens with one attached hydrogen (secondary N) is 2. The first-order chi connectivity index (χ1) is 17.0. The summed E-state index contributed by atoms with van der Waals surface area (Å²) in [7, 11) is 0. The van der Waals surface area contributed by atoms with Gasteiger partial charge in [0.1, 0.15) is 17.9 Å². The van der Waals surface area contributed by atoms with Gasteiger partial charge in [-0.3, -0.25) is 19.1 Å². The summed E-state index contributed by atoms with van der Waals surface area (Å²) in [6, 6.07) is 8.89. The van der Waals surface area contributed by atoms with Crippen molar-refractivity contribution in [3.8, 4) is 5.75 Å². The number of benzene rings is 1. The molecule has 1 saturated heterocycles. The van der Waals surface area contributed by atoms with Crippen LogP contribution in [0.4, 0.5) is 0 Å². The van der Waals surface area contributed by atoms with Crippen molar-refractivity contribution in [1.29, 1.82) is 0 Å². The van der Waals surface area contributed by atoms with E-state index in [2.05, 4.69) is 10.1 Å². The van der Waals surface area contributed by atoms with Gasteiger partial charge in [-0.15, -0.1) is 0 Å². The largest absolute Gasteiger partial charge is 0.462 e. The van der Waals surface area contributed by atoms with Crippen molar-refractivity contribution in [1.82, 2.24) is 14.6 Å². The molecule has 0 amide bonds. The average Bonchev–Trinajstić information content (AvgIpc) is 3.13. The second kappa shape index (κ2) is 12.2. The number of aromatic amines is 1. The lowest BCUT2D eigenvalue weighted by molar-refractivity contribution is -0.149. The topological polar surface area (TPSA) is 161 Å². The number of nitrogens with zero attached hydrogens (tertiary/aromatic N) is 1. The van der Waals surface area contributed by atoms with Crippen LogP contribution >= 0.6 is 6.64 Å². The first-order valence-electron chi connectivity index (χ1n) is 11.3. The number of ether oxygens (including phenoxy) is 2. The number of H-pyrrole nitrogens is 1. The third-order valence-corrected chi connectivity index (χ3v) is 7.79. The molecule has 2 heterocycles. The van der Waals surface area contributed by atoms with Gasteiger partial charge in [-0.25, -0.2) is 9.88 Å². The number of carbonyl (C=O) groups is 1. The van der Waals surface area contributed by atoms with Crippen molar-refractivity contribution in [2.45, 2.75) is 51.4 Å². The standard InChI is InChI=1S/C22H30N3O9PS/c1-13(2)32-21(29)14(3)24-35(36,34-15-7-5-4-6-8-15)31-12-17-16(11-26)19(28)20(33-17)25-10-9-18(27)23-22(25)30/h4-10,13-14,16-17,19-20,26,28H,11-12H2,1-3H3,(H,24,36)(H,23,27,30)/t14-,16+,17+,19+,20+,35-/m0/s1. The lowest BCUT2D eigenvalue weighted by Crippen LogP contribution is -2.37. The fraction of sp³-hybridized carbons (Fsp3) is 0.500. The average molecular weight is 544 g/mol. The molecule has 0 saturated carbocycles. The maximum atomic E-state index is 12.4. The van der Waals surface area contributed by atoms with Crippen LogP contribution in [0.3, 0.4) is 0 Å². The molecule has 1 aromatic heterocycles. The maximum absolute atomic E-state index is 12.4. The number of aromatic nitrogens is 2. The molecule has 0 spiro atoms. The fourth-order valence-electron chi connectivity index (χ4n) is 3.54. The summed E-state index contributed by atoms with van der Waals surface area (Å²) in [4.78, 5) is 38.0. The SMILES string of the molecule is CC(C)OC(=O)[C@H](C)N[P@](=S)(OC[C@H]1O[C@@H](n2ccc(=O)[nH]c2=O)[C@H](O)[C@@H]1CO)Oc1ccccc1. The molecule has 1 aromatic carbocycles. The Morgan fingerprint density at radius 2 is 1.94 bits per heavy atom. The number of aliphatic hydroxyl groups excluding tert-OH is 2. The highest BCUT2D eigenvalue weighted by Crippen LogP contribution is 2.46. The van der Waals surface area contributed by atoms with E-state index in [1.165, 1.54) is 6.20 Å². The van der Waals surface area contributed by atoms with E-state index >= 15 is 0 Å². The van der Waals surface area contributed by atoms with Crippen LogP contribution in [0.2, 0.25) is 0 Å². The molecule has 6 atom stereocenters. The highest BCUT2D eigenvalue weighted by atomic mass is 32.5.